The number of rotatable bonds is 4. The van der Waals surface area contributed by atoms with Gasteiger partial charge < -0.3 is 29.3 Å². The molecular formula is C22H27N3O4. The van der Waals surface area contributed by atoms with Gasteiger partial charge in [-0.25, -0.2) is 4.79 Å². The van der Waals surface area contributed by atoms with E-state index in [4.69, 9.17) is 14.2 Å². The van der Waals surface area contributed by atoms with Crippen molar-refractivity contribution in [3.05, 3.63) is 54.6 Å². The quantitative estimate of drug-likeness (QED) is 0.859. The van der Waals surface area contributed by atoms with Gasteiger partial charge >= 0.3 is 6.03 Å². The van der Waals surface area contributed by atoms with Crippen LogP contribution >= 0.6 is 0 Å². The van der Waals surface area contributed by atoms with Gasteiger partial charge in [-0.2, -0.15) is 0 Å². The van der Waals surface area contributed by atoms with Crippen molar-refractivity contribution >= 4 is 11.7 Å². The highest BCUT2D eigenvalue weighted by atomic mass is 16.6. The van der Waals surface area contributed by atoms with E-state index in [9.17, 15) is 4.79 Å². The van der Waals surface area contributed by atoms with Crippen LogP contribution in [0.4, 0.5) is 10.5 Å². The molecule has 0 spiro atoms. The minimum Gasteiger partial charge on any atom is -0.457 e. The summed E-state index contributed by atoms with van der Waals surface area (Å²) in [6.45, 7) is 2.30. The molecule has 0 aromatic heterocycles. The molecule has 2 saturated heterocycles. The van der Waals surface area contributed by atoms with E-state index < -0.39 is 0 Å². The van der Waals surface area contributed by atoms with Crippen molar-refractivity contribution in [3.8, 4) is 11.5 Å². The predicted octanol–water partition coefficient (Wildman–Crippen LogP) is 3.04. The standard InChI is InChI=1S/C22H27N3O4/c1-24(2)17-14-27-20-12-25(13-21(20)28-15-17)22(26)23-16-8-10-19(11-9-16)29-18-6-4-3-5-7-18/h3-11,17,20-21H,12-15H2,1-2H3,(H,23,26)/t20-,21-/m0/s1. The highest BCUT2D eigenvalue weighted by Gasteiger charge is 2.39. The molecule has 0 saturated carbocycles. The molecular weight excluding hydrogens is 370 g/mol. The predicted molar refractivity (Wildman–Crippen MR) is 111 cm³/mol. The van der Waals surface area contributed by atoms with Crippen molar-refractivity contribution in [2.75, 3.05) is 45.7 Å². The second kappa shape index (κ2) is 8.82. The van der Waals surface area contributed by atoms with Gasteiger partial charge in [-0.1, -0.05) is 18.2 Å². The Bertz CT molecular complexity index is 797. The van der Waals surface area contributed by atoms with Crippen LogP contribution in [0.15, 0.2) is 54.6 Å². The Morgan fingerprint density at radius 1 is 0.966 bits per heavy atom. The van der Waals surface area contributed by atoms with Crippen molar-refractivity contribution in [1.29, 1.82) is 0 Å². The lowest BCUT2D eigenvalue weighted by atomic mass is 10.3. The minimum absolute atomic E-state index is 0.0765. The number of hydrogen-bond acceptors (Lipinski definition) is 5. The zero-order valence-electron chi connectivity index (χ0n) is 16.8. The lowest BCUT2D eigenvalue weighted by Crippen LogP contribution is -2.38. The maximum absolute atomic E-state index is 12.7. The fourth-order valence-corrected chi connectivity index (χ4v) is 3.48. The Balaban J connectivity index is 1.30. The van der Waals surface area contributed by atoms with Gasteiger partial charge in [0.15, 0.2) is 0 Å². The number of urea groups is 1. The summed E-state index contributed by atoms with van der Waals surface area (Å²) in [5.41, 5.74) is 0.719. The maximum atomic E-state index is 12.7. The average molecular weight is 397 g/mol. The number of likely N-dealkylation sites (N-methyl/N-ethyl adjacent to an activating group) is 1. The Morgan fingerprint density at radius 2 is 1.55 bits per heavy atom. The monoisotopic (exact) mass is 397 g/mol. The number of hydrogen-bond donors (Lipinski definition) is 1. The lowest BCUT2D eigenvalue weighted by molar-refractivity contribution is -0.00461. The molecule has 2 aromatic carbocycles. The first kappa shape index (κ1) is 19.7. The number of nitrogens with one attached hydrogen (secondary N) is 1. The highest BCUT2D eigenvalue weighted by molar-refractivity contribution is 5.89. The summed E-state index contributed by atoms with van der Waals surface area (Å²) < 4.78 is 17.8. The van der Waals surface area contributed by atoms with Gasteiger partial charge in [-0.05, 0) is 50.5 Å². The number of ether oxygens (including phenoxy) is 3. The molecule has 2 aliphatic heterocycles. The van der Waals surface area contributed by atoms with Gasteiger partial charge in [-0.3, -0.25) is 0 Å². The molecule has 2 amide bonds. The summed E-state index contributed by atoms with van der Waals surface area (Å²) in [4.78, 5) is 16.5. The molecule has 7 heteroatoms. The molecule has 2 heterocycles. The Kier molecular flexibility index (Phi) is 5.99. The van der Waals surface area contributed by atoms with Gasteiger partial charge in [0, 0.05) is 5.69 Å². The van der Waals surface area contributed by atoms with E-state index in [1.807, 2.05) is 68.7 Å². The van der Waals surface area contributed by atoms with Crippen LogP contribution in [0.25, 0.3) is 0 Å². The van der Waals surface area contributed by atoms with Crippen molar-refractivity contribution in [2.24, 2.45) is 0 Å². The van der Waals surface area contributed by atoms with Crippen molar-refractivity contribution < 1.29 is 19.0 Å². The van der Waals surface area contributed by atoms with Crippen molar-refractivity contribution in [3.63, 3.8) is 0 Å². The number of fused-ring (bicyclic) bond motifs is 1. The molecule has 1 N–H and O–H groups in total. The molecule has 154 valence electrons. The molecule has 0 radical (unpaired) electrons. The number of nitrogens with zero attached hydrogens (tertiary/aromatic N) is 2. The molecule has 2 atom stereocenters. The fraction of sp³-hybridized carbons (Fsp3) is 0.409. The summed E-state index contributed by atoms with van der Waals surface area (Å²) in [7, 11) is 4.04. The number of para-hydroxylation sites is 1. The van der Waals surface area contributed by atoms with E-state index in [1.165, 1.54) is 0 Å². The number of benzene rings is 2. The van der Waals surface area contributed by atoms with Gasteiger partial charge in [0.1, 0.15) is 23.7 Å². The lowest BCUT2D eigenvalue weighted by Gasteiger charge is -2.23. The zero-order valence-corrected chi connectivity index (χ0v) is 16.8. The largest absolute Gasteiger partial charge is 0.457 e. The normalized spacial score (nSPS) is 22.2. The number of likely N-dealkylation sites (tertiary alicyclic amines) is 1. The first-order chi connectivity index (χ1) is 14.1. The topological polar surface area (TPSA) is 63.3 Å². The van der Waals surface area contributed by atoms with Crippen LogP contribution < -0.4 is 10.1 Å². The summed E-state index contributed by atoms with van der Waals surface area (Å²) in [6, 6.07) is 17.0. The zero-order chi connectivity index (χ0) is 20.2. The number of carbonyl (C=O) groups excluding carboxylic acids is 1. The van der Waals surface area contributed by atoms with Crippen LogP contribution in [0.2, 0.25) is 0 Å². The van der Waals surface area contributed by atoms with E-state index in [-0.39, 0.29) is 24.3 Å². The molecule has 2 aliphatic rings. The van der Waals surface area contributed by atoms with Gasteiger partial charge in [0.2, 0.25) is 0 Å². The number of anilines is 1. The van der Waals surface area contributed by atoms with Crippen molar-refractivity contribution in [1.82, 2.24) is 9.80 Å². The van der Waals surface area contributed by atoms with Crippen LogP contribution in [0.1, 0.15) is 0 Å². The molecule has 0 aliphatic carbocycles. The highest BCUT2D eigenvalue weighted by Crippen LogP contribution is 2.24. The van der Waals surface area contributed by atoms with Crippen LogP contribution in [0.3, 0.4) is 0 Å². The second-order valence-electron chi connectivity index (χ2n) is 7.64. The molecule has 0 bridgehead atoms. The minimum atomic E-state index is -0.147. The molecule has 0 unspecified atom stereocenters. The van der Waals surface area contributed by atoms with Crippen molar-refractivity contribution in [2.45, 2.75) is 18.2 Å². The molecule has 29 heavy (non-hydrogen) atoms. The SMILES string of the molecule is CN(C)C1CO[C@H]2CN(C(=O)Nc3ccc(Oc4ccccc4)cc3)C[C@@H]2OC1. The van der Waals surface area contributed by atoms with E-state index >= 15 is 0 Å². The maximum Gasteiger partial charge on any atom is 0.322 e. The smallest absolute Gasteiger partial charge is 0.322 e. The third-order valence-electron chi connectivity index (χ3n) is 5.32. The van der Waals surface area contributed by atoms with Crippen LogP contribution in [0, 0.1) is 0 Å². The fourth-order valence-electron chi connectivity index (χ4n) is 3.48. The number of carbonyl (C=O) groups is 1. The van der Waals surface area contributed by atoms with Crippen LogP contribution in [-0.4, -0.2) is 74.5 Å². The summed E-state index contributed by atoms with van der Waals surface area (Å²) >= 11 is 0. The Morgan fingerprint density at radius 3 is 2.14 bits per heavy atom. The van der Waals surface area contributed by atoms with E-state index in [0.29, 0.717) is 26.3 Å². The molecule has 2 fully saturated rings. The summed E-state index contributed by atoms with van der Waals surface area (Å²) in [5.74, 6) is 1.49. The van der Waals surface area contributed by atoms with Gasteiger partial charge in [0.25, 0.3) is 0 Å². The molecule has 4 rings (SSSR count). The van der Waals surface area contributed by atoms with Gasteiger partial charge in [0.05, 0.1) is 32.3 Å². The Hall–Kier alpha value is -2.61. The summed E-state index contributed by atoms with van der Waals surface area (Å²) in [5, 5.41) is 2.94. The van der Waals surface area contributed by atoms with Crippen LogP contribution in [0.5, 0.6) is 11.5 Å². The second-order valence-corrected chi connectivity index (χ2v) is 7.64. The first-order valence-corrected chi connectivity index (χ1v) is 9.87. The van der Waals surface area contributed by atoms with Crippen LogP contribution in [-0.2, 0) is 9.47 Å². The van der Waals surface area contributed by atoms with E-state index in [0.717, 1.165) is 17.2 Å². The number of amides is 2. The molecule has 7 nitrogen and oxygen atoms in total. The first-order valence-electron chi connectivity index (χ1n) is 9.87. The summed E-state index contributed by atoms with van der Waals surface area (Å²) in [6.07, 6.45) is -0.153. The van der Waals surface area contributed by atoms with E-state index in [2.05, 4.69) is 10.2 Å². The third kappa shape index (κ3) is 4.87. The molecule has 2 aromatic rings. The average Bonchev–Trinajstić information content (AvgIpc) is 3.03. The third-order valence-corrected chi connectivity index (χ3v) is 5.32. The van der Waals surface area contributed by atoms with E-state index in [1.54, 1.807) is 4.90 Å². The van der Waals surface area contributed by atoms with Gasteiger partial charge in [-0.15, -0.1) is 0 Å². The Labute approximate surface area is 171 Å².